The van der Waals surface area contributed by atoms with Crippen molar-refractivity contribution in [2.75, 3.05) is 13.1 Å². The minimum atomic E-state index is 0.530. The molecule has 3 rings (SSSR count). The first-order chi connectivity index (χ1) is 12.5. The minimum Gasteiger partial charge on any atom is -0.316 e. The number of nitriles is 1. The van der Waals surface area contributed by atoms with Gasteiger partial charge in [-0.3, -0.25) is 0 Å². The van der Waals surface area contributed by atoms with Gasteiger partial charge in [-0.25, -0.2) is 0 Å². The molecule has 0 aliphatic carbocycles. The maximum atomic E-state index is 8.47. The molecular weight excluding hydrogens is 408 g/mol. The number of nitrogens with one attached hydrogen (secondary N) is 1. The van der Waals surface area contributed by atoms with E-state index >= 15 is 0 Å². The van der Waals surface area contributed by atoms with Gasteiger partial charge in [0.05, 0.1) is 10.6 Å². The summed E-state index contributed by atoms with van der Waals surface area (Å²) in [6.45, 7) is 8.86. The van der Waals surface area contributed by atoms with E-state index in [0.29, 0.717) is 10.6 Å². The van der Waals surface area contributed by atoms with Gasteiger partial charge in [-0.05, 0) is 68.1 Å². The van der Waals surface area contributed by atoms with Crippen molar-refractivity contribution in [2.24, 2.45) is 5.92 Å². The summed E-state index contributed by atoms with van der Waals surface area (Å²) in [7, 11) is 0. The van der Waals surface area contributed by atoms with E-state index in [1.54, 1.807) is 12.1 Å². The molecule has 1 aliphatic heterocycles. The van der Waals surface area contributed by atoms with Gasteiger partial charge in [-0.1, -0.05) is 72.1 Å². The largest absolute Gasteiger partial charge is 0.316 e. The number of halogens is 2. The number of benzene rings is 2. The van der Waals surface area contributed by atoms with Crippen molar-refractivity contribution in [2.45, 2.75) is 40.0 Å². The molecule has 2 aromatic rings. The summed E-state index contributed by atoms with van der Waals surface area (Å²) in [5.74, 6) is 0.986. The Bertz CT molecular complexity index is 704. The lowest BCUT2D eigenvalue weighted by Crippen LogP contribution is -2.07. The molecule has 1 N–H and O–H groups in total. The van der Waals surface area contributed by atoms with Crippen LogP contribution in [0.3, 0.4) is 0 Å². The van der Waals surface area contributed by atoms with Crippen LogP contribution in [0.2, 0.25) is 5.02 Å². The average Bonchev–Trinajstić information content (AvgIpc) is 3.17. The van der Waals surface area contributed by atoms with Gasteiger partial charge in [0.1, 0.15) is 6.07 Å². The third-order valence-electron chi connectivity index (χ3n) is 4.32. The molecule has 0 saturated carbocycles. The van der Waals surface area contributed by atoms with Crippen molar-refractivity contribution >= 4 is 27.5 Å². The number of nitrogens with zero attached hydrogens (tertiary/aromatic N) is 1. The second-order valence-electron chi connectivity index (χ2n) is 6.31. The summed E-state index contributed by atoms with van der Waals surface area (Å²) < 4.78 is 1.22. The molecule has 4 heteroatoms. The summed E-state index contributed by atoms with van der Waals surface area (Å²) >= 11 is 9.16. The lowest BCUT2D eigenvalue weighted by Gasteiger charge is -1.98. The van der Waals surface area contributed by atoms with Crippen molar-refractivity contribution in [3.05, 3.63) is 68.7 Å². The van der Waals surface area contributed by atoms with Crippen LogP contribution in [0, 0.1) is 24.2 Å². The Morgan fingerprint density at radius 2 is 1.96 bits per heavy atom. The first kappa shape index (κ1) is 22.7. The van der Waals surface area contributed by atoms with Crippen molar-refractivity contribution < 1.29 is 0 Å². The molecule has 1 heterocycles. The van der Waals surface area contributed by atoms with E-state index in [-0.39, 0.29) is 0 Å². The Balaban J connectivity index is 0.000000198. The monoisotopic (exact) mass is 434 g/mol. The molecule has 0 radical (unpaired) electrons. The molecule has 1 atom stereocenters. The molecule has 1 aliphatic rings. The predicted molar refractivity (Wildman–Crippen MR) is 116 cm³/mol. The highest BCUT2D eigenvalue weighted by Crippen LogP contribution is 2.16. The number of hydrogen-bond acceptors (Lipinski definition) is 2. The Hall–Kier alpha value is -1.34. The quantitative estimate of drug-likeness (QED) is 0.581. The Kier molecular flexibility index (Phi) is 11.3. The molecule has 1 fully saturated rings. The molecule has 0 bridgehead atoms. The van der Waals surface area contributed by atoms with Gasteiger partial charge in [0, 0.05) is 4.47 Å². The van der Waals surface area contributed by atoms with E-state index in [9.17, 15) is 0 Å². The van der Waals surface area contributed by atoms with Gasteiger partial charge >= 0.3 is 0 Å². The van der Waals surface area contributed by atoms with Crippen LogP contribution < -0.4 is 5.32 Å². The predicted octanol–water partition coefficient (Wildman–Crippen LogP) is 6.54. The van der Waals surface area contributed by atoms with Crippen molar-refractivity contribution in [3.63, 3.8) is 0 Å². The van der Waals surface area contributed by atoms with Crippen LogP contribution in [-0.4, -0.2) is 13.1 Å². The summed E-state index contributed by atoms with van der Waals surface area (Å²) in [5.41, 5.74) is 2.98. The van der Waals surface area contributed by atoms with E-state index < -0.39 is 0 Å². The number of rotatable bonds is 2. The van der Waals surface area contributed by atoms with Crippen LogP contribution in [0.1, 0.15) is 43.4 Å². The lowest BCUT2D eigenvalue weighted by atomic mass is 10.1. The van der Waals surface area contributed by atoms with Crippen LogP contribution in [0.4, 0.5) is 0 Å². The highest BCUT2D eigenvalue weighted by Gasteiger charge is 2.10. The highest BCUT2D eigenvalue weighted by atomic mass is 79.9. The fourth-order valence-electron chi connectivity index (χ4n) is 2.56. The number of aryl methyl sites for hydroxylation is 2. The Morgan fingerprint density at radius 1 is 1.23 bits per heavy atom. The number of hydrogen-bond donors (Lipinski definition) is 1. The highest BCUT2D eigenvalue weighted by molar-refractivity contribution is 9.10. The van der Waals surface area contributed by atoms with Crippen molar-refractivity contribution in [3.8, 4) is 6.07 Å². The maximum absolute atomic E-state index is 8.47. The van der Waals surface area contributed by atoms with E-state index in [4.69, 9.17) is 16.9 Å². The molecular formula is C22H28BrClN2. The molecule has 140 valence electrons. The first-order valence-corrected chi connectivity index (χ1v) is 10.3. The molecule has 0 aromatic heterocycles. The zero-order valence-corrected chi connectivity index (χ0v) is 18.2. The standard InChI is InChI=1S/C8H9Br.C8H6ClN.C6H13N/c1-2-7-5-3-4-6-8(7)9;1-6-2-3-7(5-10)8(9)4-6;1-2-6-3-4-7-5-6/h3-6H,2H2,1H3;2-4H,1H3;6-7H,2-5H2,1H3. The van der Waals surface area contributed by atoms with Gasteiger partial charge in [0.15, 0.2) is 0 Å². The SMILES string of the molecule is CCC1CCNC1.CCc1ccccc1Br.Cc1ccc(C#N)c(Cl)c1. The molecule has 2 nitrogen and oxygen atoms in total. The molecule has 1 saturated heterocycles. The van der Waals surface area contributed by atoms with E-state index in [0.717, 1.165) is 17.9 Å². The summed E-state index contributed by atoms with van der Waals surface area (Å²) in [5, 5.41) is 12.3. The van der Waals surface area contributed by atoms with Crippen molar-refractivity contribution in [1.29, 1.82) is 5.26 Å². The Morgan fingerprint density at radius 3 is 2.38 bits per heavy atom. The molecule has 0 spiro atoms. The Labute approximate surface area is 171 Å². The fraction of sp³-hybridized carbons (Fsp3) is 0.409. The van der Waals surface area contributed by atoms with Crippen LogP contribution >= 0.6 is 27.5 Å². The molecule has 1 unspecified atom stereocenters. The maximum Gasteiger partial charge on any atom is 0.101 e. The van der Waals surface area contributed by atoms with Crippen LogP contribution in [0.5, 0.6) is 0 Å². The summed E-state index contributed by atoms with van der Waals surface area (Å²) in [6.07, 6.45) is 3.85. The second kappa shape index (κ2) is 12.9. The summed E-state index contributed by atoms with van der Waals surface area (Å²) in [4.78, 5) is 0. The van der Waals surface area contributed by atoms with Crippen LogP contribution in [-0.2, 0) is 6.42 Å². The molecule has 26 heavy (non-hydrogen) atoms. The third-order valence-corrected chi connectivity index (χ3v) is 5.41. The first-order valence-electron chi connectivity index (χ1n) is 9.12. The molecule has 2 aromatic carbocycles. The van der Waals surface area contributed by atoms with Crippen LogP contribution in [0.15, 0.2) is 46.9 Å². The van der Waals surface area contributed by atoms with Gasteiger partial charge in [0.25, 0.3) is 0 Å². The minimum absolute atomic E-state index is 0.530. The molecule has 0 amide bonds. The zero-order valence-electron chi connectivity index (χ0n) is 15.9. The van der Waals surface area contributed by atoms with Gasteiger partial charge < -0.3 is 5.32 Å². The average molecular weight is 436 g/mol. The van der Waals surface area contributed by atoms with E-state index in [1.165, 1.54) is 36.0 Å². The van der Waals surface area contributed by atoms with Gasteiger partial charge in [-0.15, -0.1) is 0 Å². The smallest absolute Gasteiger partial charge is 0.101 e. The van der Waals surface area contributed by atoms with E-state index in [1.807, 2.05) is 25.1 Å². The van der Waals surface area contributed by atoms with E-state index in [2.05, 4.69) is 53.3 Å². The topological polar surface area (TPSA) is 35.8 Å². The summed E-state index contributed by atoms with van der Waals surface area (Å²) in [6, 6.07) is 15.6. The fourth-order valence-corrected chi connectivity index (χ4v) is 3.40. The van der Waals surface area contributed by atoms with Gasteiger partial charge in [-0.2, -0.15) is 5.26 Å². The normalized spacial score (nSPS) is 15.2. The lowest BCUT2D eigenvalue weighted by molar-refractivity contribution is 0.563. The van der Waals surface area contributed by atoms with Gasteiger partial charge in [0.2, 0.25) is 0 Å². The second-order valence-corrected chi connectivity index (χ2v) is 7.57. The zero-order chi connectivity index (χ0) is 19.4. The third kappa shape index (κ3) is 8.36. The van der Waals surface area contributed by atoms with Crippen molar-refractivity contribution in [1.82, 2.24) is 5.32 Å². The van der Waals surface area contributed by atoms with Crippen LogP contribution in [0.25, 0.3) is 0 Å².